The zero-order valence-electron chi connectivity index (χ0n) is 8.73. The summed E-state index contributed by atoms with van der Waals surface area (Å²) in [6.45, 7) is 4.11. The lowest BCUT2D eigenvalue weighted by atomic mass is 10.2. The molecule has 14 heavy (non-hydrogen) atoms. The fraction of sp³-hybridized carbons (Fsp3) is 0.273. The van der Waals surface area contributed by atoms with Crippen molar-refractivity contribution >= 4 is 0 Å². The third kappa shape index (κ3) is 1.41. The average Bonchev–Trinajstić information content (AvgIpc) is 2.52. The molecule has 0 aliphatic carbocycles. The van der Waals surface area contributed by atoms with E-state index >= 15 is 0 Å². The first-order chi connectivity index (χ1) is 6.68. The van der Waals surface area contributed by atoms with E-state index in [2.05, 4.69) is 22.7 Å². The molecule has 0 aliphatic heterocycles. The van der Waals surface area contributed by atoms with Crippen molar-refractivity contribution < 1.29 is 4.68 Å². The van der Waals surface area contributed by atoms with Crippen molar-refractivity contribution in [1.29, 1.82) is 0 Å². The van der Waals surface area contributed by atoms with Crippen LogP contribution in [0.15, 0.2) is 30.7 Å². The molecular formula is C11H14N3+. The van der Waals surface area contributed by atoms with Gasteiger partial charge in [0.05, 0.1) is 12.4 Å². The van der Waals surface area contributed by atoms with E-state index in [4.69, 9.17) is 0 Å². The maximum atomic E-state index is 4.30. The van der Waals surface area contributed by atoms with Crippen molar-refractivity contribution in [2.75, 3.05) is 0 Å². The highest BCUT2D eigenvalue weighted by atomic mass is 15.4. The van der Waals surface area contributed by atoms with Crippen molar-refractivity contribution in [2.45, 2.75) is 13.8 Å². The predicted molar refractivity (Wildman–Crippen MR) is 54.2 cm³/mol. The second-order valence-corrected chi connectivity index (χ2v) is 3.52. The van der Waals surface area contributed by atoms with Crippen LogP contribution in [0.3, 0.4) is 0 Å². The maximum Gasteiger partial charge on any atom is 0.195 e. The number of pyridine rings is 1. The molecule has 72 valence electrons. The molecule has 0 saturated carbocycles. The lowest BCUT2D eigenvalue weighted by Crippen LogP contribution is -2.37. The zero-order valence-corrected chi connectivity index (χ0v) is 8.73. The van der Waals surface area contributed by atoms with Crippen LogP contribution < -0.4 is 4.68 Å². The van der Waals surface area contributed by atoms with Gasteiger partial charge in [0, 0.05) is 11.8 Å². The summed E-state index contributed by atoms with van der Waals surface area (Å²) in [6, 6.07) is 4.11. The fourth-order valence-corrected chi connectivity index (χ4v) is 1.60. The Morgan fingerprint density at radius 2 is 2.14 bits per heavy atom. The standard InChI is InChI=1S/C11H14N3/c1-9-7-10(2)12-8-11(9)14-6-4-5-13(14)3/h4-8H,1-3H3/q+1. The van der Waals surface area contributed by atoms with Gasteiger partial charge in [0.25, 0.3) is 0 Å². The number of aryl methyl sites for hydroxylation is 3. The van der Waals surface area contributed by atoms with Crippen LogP contribution in [0, 0.1) is 13.8 Å². The van der Waals surface area contributed by atoms with Crippen molar-refractivity contribution in [3.8, 4) is 5.69 Å². The molecule has 2 aromatic heterocycles. The Morgan fingerprint density at radius 3 is 2.71 bits per heavy atom. The van der Waals surface area contributed by atoms with Crippen LogP contribution in [0.1, 0.15) is 11.3 Å². The first-order valence-corrected chi connectivity index (χ1v) is 4.65. The molecule has 3 nitrogen and oxygen atoms in total. The van der Waals surface area contributed by atoms with Gasteiger partial charge in [-0.05, 0) is 25.5 Å². The summed E-state index contributed by atoms with van der Waals surface area (Å²) in [6.07, 6.45) is 5.95. The van der Waals surface area contributed by atoms with Gasteiger partial charge in [-0.1, -0.05) is 0 Å². The summed E-state index contributed by atoms with van der Waals surface area (Å²) in [5, 5.41) is 0. The quantitative estimate of drug-likeness (QED) is 0.618. The Bertz CT molecular complexity index is 457. The van der Waals surface area contributed by atoms with Crippen LogP contribution in [0.5, 0.6) is 0 Å². The van der Waals surface area contributed by atoms with Crippen LogP contribution in [-0.4, -0.2) is 9.67 Å². The number of hydrogen-bond donors (Lipinski definition) is 0. The molecule has 3 heteroatoms. The second kappa shape index (κ2) is 3.25. The average molecular weight is 188 g/mol. The van der Waals surface area contributed by atoms with Crippen LogP contribution >= 0.6 is 0 Å². The smallest absolute Gasteiger partial charge is 0.195 e. The number of rotatable bonds is 1. The summed E-state index contributed by atoms with van der Waals surface area (Å²) < 4.78 is 4.10. The third-order valence-electron chi connectivity index (χ3n) is 2.34. The molecule has 0 unspecified atom stereocenters. The largest absolute Gasteiger partial charge is 0.259 e. The first kappa shape index (κ1) is 8.94. The highest BCUT2D eigenvalue weighted by molar-refractivity contribution is 5.36. The van der Waals surface area contributed by atoms with Gasteiger partial charge >= 0.3 is 0 Å². The van der Waals surface area contributed by atoms with Crippen molar-refractivity contribution in [1.82, 2.24) is 9.67 Å². The van der Waals surface area contributed by atoms with E-state index in [0.29, 0.717) is 0 Å². The van der Waals surface area contributed by atoms with Crippen molar-refractivity contribution in [2.24, 2.45) is 7.05 Å². The Kier molecular flexibility index (Phi) is 2.08. The van der Waals surface area contributed by atoms with E-state index in [1.807, 2.05) is 43.3 Å². The highest BCUT2D eigenvalue weighted by Crippen LogP contribution is 2.10. The molecule has 0 atom stereocenters. The molecule has 2 heterocycles. The topological polar surface area (TPSA) is 21.7 Å². The van der Waals surface area contributed by atoms with Crippen LogP contribution in [0.4, 0.5) is 0 Å². The molecule has 0 bridgehead atoms. The van der Waals surface area contributed by atoms with Gasteiger partial charge < -0.3 is 0 Å². The van der Waals surface area contributed by atoms with E-state index in [-0.39, 0.29) is 0 Å². The summed E-state index contributed by atoms with van der Waals surface area (Å²) in [4.78, 5) is 4.30. The minimum atomic E-state index is 1.06. The molecule has 0 aromatic carbocycles. The SMILES string of the molecule is Cc1cc(C)c(-n2ccc[n+]2C)cn1. The van der Waals surface area contributed by atoms with Gasteiger partial charge in [-0.3, -0.25) is 4.98 Å². The minimum Gasteiger partial charge on any atom is -0.259 e. The Labute approximate surface area is 83.6 Å². The minimum absolute atomic E-state index is 1.06. The molecule has 0 N–H and O–H groups in total. The van der Waals surface area contributed by atoms with Gasteiger partial charge in [0.15, 0.2) is 13.2 Å². The Balaban J connectivity index is 2.58. The lowest BCUT2D eigenvalue weighted by Gasteiger charge is -2.04. The molecular weight excluding hydrogens is 174 g/mol. The highest BCUT2D eigenvalue weighted by Gasteiger charge is 2.08. The lowest BCUT2D eigenvalue weighted by molar-refractivity contribution is -0.744. The predicted octanol–water partition coefficient (Wildman–Crippen LogP) is 1.31. The number of nitrogens with zero attached hydrogens (tertiary/aromatic N) is 3. The van der Waals surface area contributed by atoms with Crippen molar-refractivity contribution in [3.05, 3.63) is 42.0 Å². The molecule has 0 fully saturated rings. The third-order valence-corrected chi connectivity index (χ3v) is 2.34. The van der Waals surface area contributed by atoms with E-state index in [1.165, 1.54) is 5.56 Å². The first-order valence-electron chi connectivity index (χ1n) is 4.65. The van der Waals surface area contributed by atoms with E-state index in [0.717, 1.165) is 11.4 Å². The van der Waals surface area contributed by atoms with Gasteiger partial charge in [0.1, 0.15) is 5.69 Å². The van der Waals surface area contributed by atoms with Gasteiger partial charge in [-0.25, -0.2) is 0 Å². The molecule has 0 radical (unpaired) electrons. The summed E-state index contributed by atoms with van der Waals surface area (Å²) >= 11 is 0. The Morgan fingerprint density at radius 1 is 1.36 bits per heavy atom. The molecule has 0 aliphatic rings. The Hall–Kier alpha value is -1.64. The van der Waals surface area contributed by atoms with E-state index < -0.39 is 0 Å². The number of aromatic nitrogens is 3. The monoisotopic (exact) mass is 188 g/mol. The molecule has 0 spiro atoms. The zero-order chi connectivity index (χ0) is 10.1. The molecule has 0 saturated heterocycles. The van der Waals surface area contributed by atoms with Gasteiger partial charge in [-0.15, -0.1) is 9.36 Å². The van der Waals surface area contributed by atoms with Crippen LogP contribution in [0.2, 0.25) is 0 Å². The van der Waals surface area contributed by atoms with Gasteiger partial charge in [0.2, 0.25) is 0 Å². The summed E-state index contributed by atoms with van der Waals surface area (Å²) in [5.74, 6) is 0. The van der Waals surface area contributed by atoms with E-state index in [1.54, 1.807) is 0 Å². The van der Waals surface area contributed by atoms with Crippen molar-refractivity contribution in [3.63, 3.8) is 0 Å². The summed E-state index contributed by atoms with van der Waals surface area (Å²) in [5.41, 5.74) is 3.42. The molecule has 2 aromatic rings. The normalized spacial score (nSPS) is 10.5. The van der Waals surface area contributed by atoms with Crippen LogP contribution in [0.25, 0.3) is 5.69 Å². The van der Waals surface area contributed by atoms with Gasteiger partial charge in [-0.2, -0.15) is 0 Å². The second-order valence-electron chi connectivity index (χ2n) is 3.52. The van der Waals surface area contributed by atoms with Crippen LogP contribution in [-0.2, 0) is 7.05 Å². The molecule has 0 amide bonds. The number of hydrogen-bond acceptors (Lipinski definition) is 1. The molecule has 2 rings (SSSR count). The summed E-state index contributed by atoms with van der Waals surface area (Å²) in [7, 11) is 2.01. The van der Waals surface area contributed by atoms with E-state index in [9.17, 15) is 0 Å². The maximum absolute atomic E-state index is 4.30. The fourth-order valence-electron chi connectivity index (χ4n) is 1.60.